The third-order valence-corrected chi connectivity index (χ3v) is 5.86. The van der Waals surface area contributed by atoms with Crippen molar-refractivity contribution in [2.75, 3.05) is 26.6 Å². The SMILES string of the molecule is CNC(=O)Cc1ccc(-n2c(=O)c3ccccc3n(CC(=O)Nc3ccc(OC)c(OC)c3)c2=O)cc1. The Hall–Kier alpha value is -4.86. The molecule has 10 heteroatoms. The molecular weight excluding hydrogens is 476 g/mol. The van der Waals surface area contributed by atoms with Crippen molar-refractivity contribution in [3.63, 3.8) is 0 Å². The van der Waals surface area contributed by atoms with Crippen molar-refractivity contribution in [3.05, 3.63) is 93.1 Å². The maximum Gasteiger partial charge on any atom is 0.336 e. The largest absolute Gasteiger partial charge is 0.493 e. The molecular formula is C27H26N4O6. The van der Waals surface area contributed by atoms with Gasteiger partial charge in [0, 0.05) is 18.8 Å². The summed E-state index contributed by atoms with van der Waals surface area (Å²) in [6.45, 7) is -0.331. The van der Waals surface area contributed by atoms with Crippen molar-refractivity contribution in [3.8, 4) is 17.2 Å². The summed E-state index contributed by atoms with van der Waals surface area (Å²) in [5.41, 5.74) is 0.691. The number of benzene rings is 3. The lowest BCUT2D eigenvalue weighted by atomic mass is 10.1. The molecule has 0 bridgehead atoms. The van der Waals surface area contributed by atoms with Gasteiger partial charge in [-0.3, -0.25) is 19.0 Å². The summed E-state index contributed by atoms with van der Waals surface area (Å²) in [6, 6.07) is 18.1. The van der Waals surface area contributed by atoms with Crippen molar-refractivity contribution in [1.29, 1.82) is 0 Å². The second-order valence-corrected chi connectivity index (χ2v) is 8.16. The summed E-state index contributed by atoms with van der Waals surface area (Å²) in [5, 5.41) is 5.60. The Morgan fingerprint density at radius 1 is 0.865 bits per heavy atom. The molecule has 2 amide bonds. The number of para-hydroxylation sites is 1. The first-order chi connectivity index (χ1) is 17.9. The van der Waals surface area contributed by atoms with Crippen molar-refractivity contribution < 1.29 is 19.1 Å². The minimum Gasteiger partial charge on any atom is -0.493 e. The number of carbonyl (C=O) groups is 2. The number of nitrogens with zero attached hydrogens (tertiary/aromatic N) is 2. The summed E-state index contributed by atoms with van der Waals surface area (Å²) in [5.74, 6) is 0.330. The Morgan fingerprint density at radius 3 is 2.24 bits per heavy atom. The maximum absolute atomic E-state index is 13.5. The summed E-state index contributed by atoms with van der Waals surface area (Å²) in [6.07, 6.45) is 0.171. The molecule has 0 saturated heterocycles. The van der Waals surface area contributed by atoms with Gasteiger partial charge in [-0.1, -0.05) is 24.3 Å². The molecule has 0 fully saturated rings. The van der Waals surface area contributed by atoms with Crippen LogP contribution in [-0.4, -0.2) is 42.2 Å². The topological polar surface area (TPSA) is 121 Å². The zero-order valence-corrected chi connectivity index (χ0v) is 20.6. The lowest BCUT2D eigenvalue weighted by molar-refractivity contribution is -0.120. The van der Waals surface area contributed by atoms with Crippen LogP contribution in [0.2, 0.25) is 0 Å². The highest BCUT2D eigenvalue weighted by atomic mass is 16.5. The van der Waals surface area contributed by atoms with Gasteiger partial charge in [0.25, 0.3) is 5.56 Å². The number of hydrogen-bond acceptors (Lipinski definition) is 6. The van der Waals surface area contributed by atoms with E-state index in [1.165, 1.54) is 18.8 Å². The maximum atomic E-state index is 13.5. The number of carbonyl (C=O) groups excluding carboxylic acids is 2. The minimum atomic E-state index is -0.662. The van der Waals surface area contributed by atoms with E-state index in [9.17, 15) is 19.2 Å². The fourth-order valence-electron chi connectivity index (χ4n) is 4.00. The van der Waals surface area contributed by atoms with Crippen molar-refractivity contribution in [2.45, 2.75) is 13.0 Å². The van der Waals surface area contributed by atoms with Gasteiger partial charge in [0.2, 0.25) is 11.8 Å². The number of methoxy groups -OCH3 is 2. The molecule has 0 aliphatic carbocycles. The zero-order chi connectivity index (χ0) is 26.5. The summed E-state index contributed by atoms with van der Waals surface area (Å²) in [7, 11) is 4.55. The van der Waals surface area contributed by atoms with Crippen LogP contribution in [0, 0.1) is 0 Å². The molecule has 0 saturated carbocycles. The van der Waals surface area contributed by atoms with Crippen molar-refractivity contribution in [2.24, 2.45) is 0 Å². The molecule has 10 nitrogen and oxygen atoms in total. The van der Waals surface area contributed by atoms with Crippen LogP contribution in [0.4, 0.5) is 5.69 Å². The smallest absolute Gasteiger partial charge is 0.336 e. The predicted molar refractivity (Wildman–Crippen MR) is 140 cm³/mol. The van der Waals surface area contributed by atoms with Crippen molar-refractivity contribution in [1.82, 2.24) is 14.5 Å². The number of amides is 2. The molecule has 1 aromatic heterocycles. The number of hydrogen-bond donors (Lipinski definition) is 2. The zero-order valence-electron chi connectivity index (χ0n) is 20.6. The van der Waals surface area contributed by atoms with Crippen LogP contribution in [0.5, 0.6) is 11.5 Å². The number of likely N-dealkylation sites (N-methyl/N-ethyl adjacent to an activating group) is 1. The van der Waals surface area contributed by atoms with Crippen LogP contribution in [-0.2, 0) is 22.6 Å². The number of nitrogens with one attached hydrogen (secondary N) is 2. The average Bonchev–Trinajstić information content (AvgIpc) is 2.91. The molecule has 2 N–H and O–H groups in total. The summed E-state index contributed by atoms with van der Waals surface area (Å²) >= 11 is 0. The van der Waals surface area contributed by atoms with Gasteiger partial charge in [-0.2, -0.15) is 0 Å². The van der Waals surface area contributed by atoms with E-state index in [4.69, 9.17) is 9.47 Å². The molecule has 0 unspecified atom stereocenters. The molecule has 190 valence electrons. The second kappa shape index (κ2) is 10.8. The lowest BCUT2D eigenvalue weighted by Crippen LogP contribution is -2.40. The molecule has 4 aromatic rings. The van der Waals surface area contributed by atoms with Gasteiger partial charge in [-0.05, 0) is 42.0 Å². The molecule has 0 radical (unpaired) electrons. The third kappa shape index (κ3) is 5.22. The fourth-order valence-corrected chi connectivity index (χ4v) is 4.00. The van der Waals surface area contributed by atoms with E-state index in [2.05, 4.69) is 10.6 Å². The molecule has 37 heavy (non-hydrogen) atoms. The van der Waals surface area contributed by atoms with Crippen LogP contribution in [0.15, 0.2) is 76.3 Å². The third-order valence-electron chi connectivity index (χ3n) is 5.86. The van der Waals surface area contributed by atoms with Gasteiger partial charge in [0.1, 0.15) is 6.54 Å². The lowest BCUT2D eigenvalue weighted by Gasteiger charge is -2.15. The molecule has 4 rings (SSSR count). The monoisotopic (exact) mass is 502 g/mol. The van der Waals surface area contributed by atoms with Gasteiger partial charge < -0.3 is 20.1 Å². The highest BCUT2D eigenvalue weighted by molar-refractivity contribution is 5.92. The Bertz CT molecular complexity index is 1590. The van der Waals surface area contributed by atoms with Gasteiger partial charge >= 0.3 is 5.69 Å². The Balaban J connectivity index is 1.72. The van der Waals surface area contributed by atoms with E-state index >= 15 is 0 Å². The number of anilines is 1. The van der Waals surface area contributed by atoms with Crippen LogP contribution < -0.4 is 31.4 Å². The minimum absolute atomic E-state index is 0.154. The van der Waals surface area contributed by atoms with Gasteiger partial charge in [-0.25, -0.2) is 9.36 Å². The standard InChI is InChI=1S/C27H26N4O6/c1-28-24(32)14-17-8-11-19(12-9-17)31-26(34)20-6-4-5-7-21(20)30(27(31)35)16-25(33)29-18-10-13-22(36-2)23(15-18)37-3/h4-13,15H,14,16H2,1-3H3,(H,28,32)(H,29,33). The first kappa shape index (κ1) is 25.2. The highest BCUT2D eigenvalue weighted by Gasteiger charge is 2.17. The second-order valence-electron chi connectivity index (χ2n) is 8.16. The van der Waals surface area contributed by atoms with E-state index in [1.54, 1.807) is 73.8 Å². The number of fused-ring (bicyclic) bond motifs is 1. The van der Waals surface area contributed by atoms with E-state index < -0.39 is 17.2 Å². The number of aromatic nitrogens is 2. The van der Waals surface area contributed by atoms with E-state index in [1.807, 2.05) is 0 Å². The number of rotatable bonds is 8. The quantitative estimate of drug-likeness (QED) is 0.381. The van der Waals surface area contributed by atoms with Gasteiger partial charge in [0.15, 0.2) is 11.5 Å². The Morgan fingerprint density at radius 2 is 1.57 bits per heavy atom. The molecule has 0 aliphatic heterocycles. The van der Waals surface area contributed by atoms with Gasteiger partial charge in [-0.15, -0.1) is 0 Å². The Labute approximate surface area is 212 Å². The summed E-state index contributed by atoms with van der Waals surface area (Å²) < 4.78 is 12.8. The molecule has 0 spiro atoms. The normalized spacial score (nSPS) is 10.7. The Kier molecular flexibility index (Phi) is 7.38. The van der Waals surface area contributed by atoms with E-state index in [0.29, 0.717) is 28.4 Å². The predicted octanol–water partition coefficient (Wildman–Crippen LogP) is 2.10. The molecule has 1 heterocycles. The number of ether oxygens (including phenoxy) is 2. The van der Waals surface area contributed by atoms with Crippen molar-refractivity contribution >= 4 is 28.4 Å². The highest BCUT2D eigenvalue weighted by Crippen LogP contribution is 2.29. The van der Waals surface area contributed by atoms with Crippen LogP contribution in [0.3, 0.4) is 0 Å². The first-order valence-electron chi connectivity index (χ1n) is 11.4. The molecule has 0 atom stereocenters. The van der Waals surface area contributed by atoms with Crippen LogP contribution in [0.1, 0.15) is 5.56 Å². The summed E-state index contributed by atoms with van der Waals surface area (Å²) in [4.78, 5) is 51.4. The molecule has 0 aliphatic rings. The first-order valence-corrected chi connectivity index (χ1v) is 11.4. The van der Waals surface area contributed by atoms with Crippen LogP contribution >= 0.6 is 0 Å². The average molecular weight is 503 g/mol. The van der Waals surface area contributed by atoms with Crippen LogP contribution in [0.25, 0.3) is 16.6 Å². The van der Waals surface area contributed by atoms with E-state index in [-0.39, 0.29) is 24.3 Å². The fraction of sp³-hybridized carbons (Fsp3) is 0.185. The molecule has 3 aromatic carbocycles. The van der Waals surface area contributed by atoms with Gasteiger partial charge in [0.05, 0.1) is 37.2 Å². The van der Waals surface area contributed by atoms with E-state index in [0.717, 1.165) is 10.1 Å².